The van der Waals surface area contributed by atoms with Crippen LogP contribution >= 0.6 is 0 Å². The first-order chi connectivity index (χ1) is 13.0. The molecule has 2 aromatic rings. The zero-order valence-electron chi connectivity index (χ0n) is 15.9. The van der Waals surface area contributed by atoms with Crippen molar-refractivity contribution in [3.8, 4) is 0 Å². The summed E-state index contributed by atoms with van der Waals surface area (Å²) < 4.78 is 0. The number of nitrogens with zero attached hydrogens (tertiary/aromatic N) is 3. The van der Waals surface area contributed by atoms with Crippen molar-refractivity contribution in [1.82, 2.24) is 14.8 Å². The molecule has 1 aromatic heterocycles. The van der Waals surface area contributed by atoms with E-state index in [1.165, 1.54) is 0 Å². The van der Waals surface area contributed by atoms with Gasteiger partial charge in [-0.05, 0) is 37.8 Å². The lowest BCUT2D eigenvalue weighted by Crippen LogP contribution is -2.57. The lowest BCUT2D eigenvalue weighted by Gasteiger charge is -2.49. The van der Waals surface area contributed by atoms with Crippen LogP contribution in [-0.4, -0.2) is 51.3 Å². The molecule has 27 heavy (non-hydrogen) atoms. The third-order valence-electron chi connectivity index (χ3n) is 7.11. The molecule has 2 bridgehead atoms. The first-order valence-electron chi connectivity index (χ1n) is 9.95. The smallest absolute Gasteiger partial charge is 0.272 e. The summed E-state index contributed by atoms with van der Waals surface area (Å²) in [7, 11) is 0. The highest BCUT2D eigenvalue weighted by Gasteiger charge is 2.61. The standard InChI is InChI=1S/C22H25N3O2/c1-14(26)25-16-12-22(2)19(8-5-9-20(22)25)24(13-16)21(27)18-11-10-15-6-3-4-7-17(15)23-18/h3-4,6-7,10-11,16,19-20H,5,8-9,12-13H2,1-2H3/t16-,19+,20-,22+/m0/s1. The maximum atomic E-state index is 13.4. The average Bonchev–Trinajstić information content (AvgIpc) is 2.96. The number of carbonyl (C=O) groups excluding carboxylic acids is 2. The molecule has 2 amide bonds. The van der Waals surface area contributed by atoms with E-state index in [-0.39, 0.29) is 35.4 Å². The van der Waals surface area contributed by atoms with Crippen LogP contribution in [0.4, 0.5) is 0 Å². The molecule has 3 aliphatic rings. The Balaban J connectivity index is 1.53. The zero-order valence-corrected chi connectivity index (χ0v) is 15.9. The number of pyridine rings is 1. The van der Waals surface area contributed by atoms with Crippen molar-refractivity contribution < 1.29 is 9.59 Å². The topological polar surface area (TPSA) is 53.5 Å². The van der Waals surface area contributed by atoms with Crippen molar-refractivity contribution >= 4 is 22.7 Å². The lowest BCUT2D eigenvalue weighted by molar-refractivity contribution is -0.132. The van der Waals surface area contributed by atoms with Crippen molar-refractivity contribution in [2.45, 2.75) is 57.7 Å². The van der Waals surface area contributed by atoms with Gasteiger partial charge in [0.1, 0.15) is 5.69 Å². The Morgan fingerprint density at radius 1 is 1.11 bits per heavy atom. The van der Waals surface area contributed by atoms with Crippen LogP contribution in [0, 0.1) is 5.41 Å². The van der Waals surface area contributed by atoms with E-state index in [1.807, 2.05) is 41.3 Å². The predicted molar refractivity (Wildman–Crippen MR) is 103 cm³/mol. The molecular weight excluding hydrogens is 338 g/mol. The molecule has 5 nitrogen and oxygen atoms in total. The first-order valence-corrected chi connectivity index (χ1v) is 9.95. The van der Waals surface area contributed by atoms with Crippen molar-refractivity contribution in [3.05, 3.63) is 42.1 Å². The summed E-state index contributed by atoms with van der Waals surface area (Å²) in [6.07, 6.45) is 4.15. The Morgan fingerprint density at radius 3 is 2.70 bits per heavy atom. The van der Waals surface area contributed by atoms with Crippen LogP contribution < -0.4 is 0 Å². The molecule has 2 aliphatic heterocycles. The number of rotatable bonds is 1. The van der Waals surface area contributed by atoms with Crippen molar-refractivity contribution in [2.24, 2.45) is 5.41 Å². The van der Waals surface area contributed by atoms with Gasteiger partial charge < -0.3 is 9.80 Å². The Bertz CT molecular complexity index is 942. The van der Waals surface area contributed by atoms with Gasteiger partial charge in [0.15, 0.2) is 0 Å². The van der Waals surface area contributed by atoms with Gasteiger partial charge in [0, 0.05) is 36.4 Å². The molecule has 0 radical (unpaired) electrons. The van der Waals surface area contributed by atoms with Gasteiger partial charge in [-0.15, -0.1) is 0 Å². The van der Waals surface area contributed by atoms with Crippen LogP contribution in [0.25, 0.3) is 10.9 Å². The van der Waals surface area contributed by atoms with E-state index >= 15 is 0 Å². The number of para-hydroxylation sites is 1. The highest BCUT2D eigenvalue weighted by atomic mass is 16.2. The molecule has 0 N–H and O–H groups in total. The fourth-order valence-corrected chi connectivity index (χ4v) is 6.03. The van der Waals surface area contributed by atoms with E-state index in [9.17, 15) is 9.59 Å². The number of piperidine rings is 1. The molecule has 5 heteroatoms. The van der Waals surface area contributed by atoms with Crippen molar-refractivity contribution in [3.63, 3.8) is 0 Å². The van der Waals surface area contributed by atoms with E-state index in [4.69, 9.17) is 0 Å². The number of carbonyl (C=O) groups is 2. The second-order valence-electron chi connectivity index (χ2n) is 8.60. The van der Waals surface area contributed by atoms with Gasteiger partial charge in [-0.25, -0.2) is 4.98 Å². The van der Waals surface area contributed by atoms with E-state index < -0.39 is 0 Å². The normalized spacial score (nSPS) is 32.0. The molecule has 1 aliphatic carbocycles. The van der Waals surface area contributed by atoms with Crippen LogP contribution in [0.1, 0.15) is 50.0 Å². The van der Waals surface area contributed by atoms with Crippen LogP contribution in [0.3, 0.4) is 0 Å². The molecule has 3 fully saturated rings. The number of aromatic nitrogens is 1. The summed E-state index contributed by atoms with van der Waals surface area (Å²) in [5, 5.41) is 1.04. The second kappa shape index (κ2) is 5.78. The van der Waals surface area contributed by atoms with Gasteiger partial charge in [-0.1, -0.05) is 31.2 Å². The van der Waals surface area contributed by atoms with Crippen LogP contribution in [0.2, 0.25) is 0 Å². The number of hydrogen-bond donors (Lipinski definition) is 0. The number of benzene rings is 1. The van der Waals surface area contributed by atoms with Gasteiger partial charge in [0.05, 0.1) is 11.6 Å². The molecule has 2 saturated heterocycles. The first kappa shape index (κ1) is 16.7. The van der Waals surface area contributed by atoms with Gasteiger partial charge in [0.25, 0.3) is 5.91 Å². The minimum Gasteiger partial charge on any atom is -0.335 e. The van der Waals surface area contributed by atoms with Crippen LogP contribution in [-0.2, 0) is 4.79 Å². The maximum absolute atomic E-state index is 13.4. The molecule has 4 atom stereocenters. The Morgan fingerprint density at radius 2 is 1.89 bits per heavy atom. The Labute approximate surface area is 159 Å². The van der Waals surface area contributed by atoms with Gasteiger partial charge in [0.2, 0.25) is 5.91 Å². The number of likely N-dealkylation sites (tertiary alicyclic amines) is 2. The third-order valence-corrected chi connectivity index (χ3v) is 7.11. The van der Waals surface area contributed by atoms with Crippen molar-refractivity contribution in [1.29, 1.82) is 0 Å². The van der Waals surface area contributed by atoms with Gasteiger partial charge >= 0.3 is 0 Å². The molecule has 1 aromatic carbocycles. The average molecular weight is 363 g/mol. The monoisotopic (exact) mass is 363 g/mol. The van der Waals surface area contributed by atoms with Gasteiger partial charge in [-0.3, -0.25) is 9.59 Å². The minimum atomic E-state index is -0.000650. The molecule has 3 heterocycles. The molecule has 0 unspecified atom stereocenters. The van der Waals surface area contributed by atoms with Gasteiger partial charge in [-0.2, -0.15) is 0 Å². The van der Waals surface area contributed by atoms with E-state index in [0.717, 1.165) is 36.6 Å². The summed E-state index contributed by atoms with van der Waals surface area (Å²) in [5.74, 6) is 0.153. The number of hydrogen-bond acceptors (Lipinski definition) is 3. The highest BCUT2D eigenvalue weighted by molar-refractivity contribution is 5.95. The summed E-state index contributed by atoms with van der Waals surface area (Å²) in [6.45, 7) is 4.58. The summed E-state index contributed by atoms with van der Waals surface area (Å²) in [5.41, 5.74) is 1.36. The number of fused-ring (bicyclic) bond motifs is 2. The fraction of sp³-hybridized carbons (Fsp3) is 0.500. The molecule has 140 valence electrons. The largest absolute Gasteiger partial charge is 0.335 e. The zero-order chi connectivity index (χ0) is 18.8. The third kappa shape index (κ3) is 2.33. The Hall–Kier alpha value is -2.43. The summed E-state index contributed by atoms with van der Waals surface area (Å²) in [6, 6.07) is 12.3. The van der Waals surface area contributed by atoms with E-state index in [0.29, 0.717) is 12.2 Å². The van der Waals surface area contributed by atoms with Crippen molar-refractivity contribution in [2.75, 3.05) is 6.54 Å². The fourth-order valence-electron chi connectivity index (χ4n) is 6.03. The minimum absolute atomic E-state index is 0.000650. The number of amides is 2. The predicted octanol–water partition coefficient (Wildman–Crippen LogP) is 3.24. The maximum Gasteiger partial charge on any atom is 0.272 e. The molecule has 5 rings (SSSR count). The lowest BCUT2D eigenvalue weighted by atomic mass is 9.65. The molecule has 1 saturated carbocycles. The van der Waals surface area contributed by atoms with E-state index in [2.05, 4.69) is 16.8 Å². The second-order valence-corrected chi connectivity index (χ2v) is 8.60. The summed E-state index contributed by atoms with van der Waals surface area (Å²) >= 11 is 0. The molecule has 0 spiro atoms. The van der Waals surface area contributed by atoms with Crippen LogP contribution in [0.15, 0.2) is 36.4 Å². The Kier molecular flexibility index (Phi) is 3.58. The summed E-state index contributed by atoms with van der Waals surface area (Å²) in [4.78, 5) is 34.5. The van der Waals surface area contributed by atoms with Crippen LogP contribution in [0.5, 0.6) is 0 Å². The highest BCUT2D eigenvalue weighted by Crippen LogP contribution is 2.54. The van der Waals surface area contributed by atoms with E-state index in [1.54, 1.807) is 6.92 Å². The SMILES string of the molecule is CC(=O)N1[C@@H]2CN(C(=O)c3ccc4ccccc4n3)[C@@H]3CCC[C@H]1[C@]3(C)C2. The quantitative estimate of drug-likeness (QED) is 0.782. The molecular formula is C22H25N3O2.